The van der Waals surface area contributed by atoms with Crippen LogP contribution in [0.4, 0.5) is 0 Å². The number of benzene rings is 2. The third-order valence-corrected chi connectivity index (χ3v) is 3.64. The minimum Gasteiger partial charge on any atom is -0.491 e. The summed E-state index contributed by atoms with van der Waals surface area (Å²) in [5.74, 6) is 0.765. The molecule has 0 saturated heterocycles. The Kier molecular flexibility index (Phi) is 3.25. The molecule has 0 aliphatic carbocycles. The van der Waals surface area contributed by atoms with Crippen LogP contribution < -0.4 is 10.1 Å². The Labute approximate surface area is 119 Å². The average molecular weight is 318 g/mol. The second-order valence-electron chi connectivity index (χ2n) is 4.38. The Bertz CT molecular complexity index is 610. The summed E-state index contributed by atoms with van der Waals surface area (Å²) in [4.78, 5) is 12.1. The molecule has 1 amide bonds. The molecule has 1 heterocycles. The molecule has 0 bridgehead atoms. The summed E-state index contributed by atoms with van der Waals surface area (Å²) < 4.78 is 6.50. The maximum absolute atomic E-state index is 12.1. The van der Waals surface area contributed by atoms with Crippen LogP contribution in [0.15, 0.2) is 53.0 Å². The van der Waals surface area contributed by atoms with Crippen molar-refractivity contribution in [3.63, 3.8) is 0 Å². The van der Waals surface area contributed by atoms with E-state index in [1.807, 2.05) is 36.4 Å². The third kappa shape index (κ3) is 2.49. The summed E-state index contributed by atoms with van der Waals surface area (Å²) in [6, 6.07) is 15.0. The lowest BCUT2D eigenvalue weighted by Gasteiger charge is -2.11. The summed E-state index contributed by atoms with van der Waals surface area (Å²) in [5, 5.41) is 2.99. The molecule has 1 unspecified atom stereocenters. The zero-order chi connectivity index (χ0) is 13.2. The first kappa shape index (κ1) is 12.2. The summed E-state index contributed by atoms with van der Waals surface area (Å²) in [5.41, 5.74) is 1.68. The number of hydrogen-bond acceptors (Lipinski definition) is 2. The van der Waals surface area contributed by atoms with Gasteiger partial charge in [0.15, 0.2) is 0 Å². The van der Waals surface area contributed by atoms with E-state index in [-0.39, 0.29) is 11.9 Å². The fraction of sp³-hybridized carbons (Fsp3) is 0.133. The first-order valence-electron chi connectivity index (χ1n) is 6.02. The maximum atomic E-state index is 12.1. The number of halogens is 1. The van der Waals surface area contributed by atoms with Crippen molar-refractivity contribution in [2.45, 2.75) is 6.04 Å². The van der Waals surface area contributed by atoms with Crippen LogP contribution in [-0.2, 0) is 0 Å². The van der Waals surface area contributed by atoms with Crippen LogP contribution in [-0.4, -0.2) is 12.5 Å². The Morgan fingerprint density at radius 1 is 1.16 bits per heavy atom. The molecule has 3 rings (SSSR count). The van der Waals surface area contributed by atoms with E-state index in [1.54, 1.807) is 12.1 Å². The minimum atomic E-state index is -0.0854. The number of amides is 1. The third-order valence-electron chi connectivity index (χ3n) is 3.11. The van der Waals surface area contributed by atoms with E-state index in [2.05, 4.69) is 21.2 Å². The average Bonchev–Trinajstić information content (AvgIpc) is 2.83. The Hall–Kier alpha value is -1.81. The van der Waals surface area contributed by atoms with E-state index in [0.29, 0.717) is 12.2 Å². The van der Waals surface area contributed by atoms with Crippen LogP contribution in [0.5, 0.6) is 5.75 Å². The van der Waals surface area contributed by atoms with Gasteiger partial charge < -0.3 is 10.1 Å². The molecule has 19 heavy (non-hydrogen) atoms. The largest absolute Gasteiger partial charge is 0.491 e. The first-order valence-corrected chi connectivity index (χ1v) is 6.81. The molecular weight excluding hydrogens is 306 g/mol. The van der Waals surface area contributed by atoms with E-state index in [9.17, 15) is 4.79 Å². The standard InChI is InChI=1S/C15H12BrNO2/c16-11-7-5-10(6-8-11)15(18)17-13-9-19-14-4-2-1-3-12(13)14/h1-8,13H,9H2,(H,17,18). The molecule has 0 radical (unpaired) electrons. The highest BCUT2D eigenvalue weighted by Crippen LogP contribution is 2.31. The lowest BCUT2D eigenvalue weighted by atomic mass is 10.1. The molecule has 1 atom stereocenters. The van der Waals surface area contributed by atoms with Crippen LogP contribution in [0.1, 0.15) is 22.0 Å². The summed E-state index contributed by atoms with van der Waals surface area (Å²) >= 11 is 3.35. The molecule has 4 heteroatoms. The van der Waals surface area contributed by atoms with Crippen molar-refractivity contribution in [2.24, 2.45) is 0 Å². The fourth-order valence-electron chi connectivity index (χ4n) is 2.13. The molecule has 2 aromatic rings. The van der Waals surface area contributed by atoms with Crippen LogP contribution in [0, 0.1) is 0 Å². The van der Waals surface area contributed by atoms with Crippen LogP contribution >= 0.6 is 15.9 Å². The zero-order valence-electron chi connectivity index (χ0n) is 10.1. The summed E-state index contributed by atoms with van der Waals surface area (Å²) in [7, 11) is 0. The van der Waals surface area contributed by atoms with Gasteiger partial charge in [-0.25, -0.2) is 0 Å². The molecule has 0 aromatic heterocycles. The Morgan fingerprint density at radius 3 is 2.68 bits per heavy atom. The van der Waals surface area contributed by atoms with E-state index in [0.717, 1.165) is 15.8 Å². The van der Waals surface area contributed by atoms with Gasteiger partial charge in [-0.3, -0.25) is 4.79 Å². The highest BCUT2D eigenvalue weighted by Gasteiger charge is 2.25. The van der Waals surface area contributed by atoms with Crippen molar-refractivity contribution in [2.75, 3.05) is 6.61 Å². The first-order chi connectivity index (χ1) is 9.24. The number of rotatable bonds is 2. The molecule has 3 nitrogen and oxygen atoms in total. The smallest absolute Gasteiger partial charge is 0.251 e. The van der Waals surface area contributed by atoms with E-state index < -0.39 is 0 Å². The number of carbonyl (C=O) groups is 1. The van der Waals surface area contributed by atoms with Crippen molar-refractivity contribution in [1.29, 1.82) is 0 Å². The molecular formula is C15H12BrNO2. The molecule has 96 valence electrons. The number of fused-ring (bicyclic) bond motifs is 1. The monoisotopic (exact) mass is 317 g/mol. The predicted octanol–water partition coefficient (Wildman–Crippen LogP) is 3.31. The number of nitrogens with one attached hydrogen (secondary N) is 1. The maximum Gasteiger partial charge on any atom is 0.251 e. The van der Waals surface area contributed by atoms with Crippen molar-refractivity contribution in [3.05, 3.63) is 64.1 Å². The summed E-state index contributed by atoms with van der Waals surface area (Å²) in [6.07, 6.45) is 0. The van der Waals surface area contributed by atoms with Crippen molar-refractivity contribution >= 4 is 21.8 Å². The van der Waals surface area contributed by atoms with Crippen molar-refractivity contribution in [1.82, 2.24) is 5.32 Å². The predicted molar refractivity (Wildman–Crippen MR) is 76.3 cm³/mol. The number of ether oxygens (including phenoxy) is 1. The lowest BCUT2D eigenvalue weighted by Crippen LogP contribution is -2.29. The van der Waals surface area contributed by atoms with Gasteiger partial charge in [0.05, 0.1) is 6.04 Å². The van der Waals surface area contributed by atoms with Crippen molar-refractivity contribution < 1.29 is 9.53 Å². The number of carbonyl (C=O) groups excluding carboxylic acids is 1. The molecule has 0 spiro atoms. The van der Waals surface area contributed by atoms with Gasteiger partial charge in [0.25, 0.3) is 5.91 Å². The molecule has 1 N–H and O–H groups in total. The zero-order valence-corrected chi connectivity index (χ0v) is 11.7. The van der Waals surface area contributed by atoms with Gasteiger partial charge in [-0.2, -0.15) is 0 Å². The molecule has 2 aromatic carbocycles. The van der Waals surface area contributed by atoms with E-state index >= 15 is 0 Å². The Balaban J connectivity index is 1.76. The van der Waals surface area contributed by atoms with Crippen LogP contribution in [0.25, 0.3) is 0 Å². The van der Waals surface area contributed by atoms with Gasteiger partial charge >= 0.3 is 0 Å². The second-order valence-corrected chi connectivity index (χ2v) is 5.30. The molecule has 0 fully saturated rings. The second kappa shape index (κ2) is 5.05. The minimum absolute atomic E-state index is 0.0765. The van der Waals surface area contributed by atoms with Gasteiger partial charge in [0, 0.05) is 15.6 Å². The molecule has 1 aliphatic rings. The van der Waals surface area contributed by atoms with Gasteiger partial charge in [0.2, 0.25) is 0 Å². The van der Waals surface area contributed by atoms with Gasteiger partial charge in [-0.15, -0.1) is 0 Å². The molecule has 0 saturated carbocycles. The van der Waals surface area contributed by atoms with Crippen molar-refractivity contribution in [3.8, 4) is 5.75 Å². The lowest BCUT2D eigenvalue weighted by molar-refractivity contribution is 0.0930. The highest BCUT2D eigenvalue weighted by atomic mass is 79.9. The Morgan fingerprint density at radius 2 is 1.89 bits per heavy atom. The van der Waals surface area contributed by atoms with Gasteiger partial charge in [-0.05, 0) is 30.3 Å². The fourth-order valence-corrected chi connectivity index (χ4v) is 2.39. The molecule has 1 aliphatic heterocycles. The highest BCUT2D eigenvalue weighted by molar-refractivity contribution is 9.10. The normalized spacial score (nSPS) is 16.6. The summed E-state index contributed by atoms with van der Waals surface area (Å²) in [6.45, 7) is 0.488. The number of hydrogen-bond donors (Lipinski definition) is 1. The van der Waals surface area contributed by atoms with E-state index in [1.165, 1.54) is 0 Å². The SMILES string of the molecule is O=C(NC1COc2ccccc21)c1ccc(Br)cc1. The topological polar surface area (TPSA) is 38.3 Å². The van der Waals surface area contributed by atoms with Crippen LogP contribution in [0.3, 0.4) is 0 Å². The number of para-hydroxylation sites is 1. The van der Waals surface area contributed by atoms with Gasteiger partial charge in [0.1, 0.15) is 12.4 Å². The van der Waals surface area contributed by atoms with Gasteiger partial charge in [-0.1, -0.05) is 34.1 Å². The quantitative estimate of drug-likeness (QED) is 0.922. The van der Waals surface area contributed by atoms with Crippen LogP contribution in [0.2, 0.25) is 0 Å². The van der Waals surface area contributed by atoms with E-state index in [4.69, 9.17) is 4.74 Å².